The van der Waals surface area contributed by atoms with Crippen LogP contribution in [0.1, 0.15) is 96.8 Å². The molecule has 0 N–H and O–H groups in total. The molecule has 0 aromatic carbocycles. The van der Waals surface area contributed by atoms with E-state index in [1.807, 2.05) is 18.2 Å². The molecule has 0 saturated heterocycles. The molecule has 0 saturated carbocycles. The average molecular weight is 479 g/mol. The van der Waals surface area contributed by atoms with Crippen LogP contribution in [-0.2, 0) is 3.07 Å². The maximum absolute atomic E-state index is 10.2. The zero-order valence-electron chi connectivity index (χ0n) is 16.5. The molecule has 0 radical (unpaired) electrons. The van der Waals surface area contributed by atoms with Gasteiger partial charge in [0.25, 0.3) is 0 Å². The number of hydrogen-bond acceptors (Lipinski definition) is 4. The van der Waals surface area contributed by atoms with Crippen molar-refractivity contribution in [3.05, 3.63) is 30.6 Å². The number of nitrogens with zero attached hydrogens (tertiary/aromatic N) is 1. The van der Waals surface area contributed by atoms with Crippen LogP contribution in [0.5, 0.6) is 0 Å². The molecule has 0 aliphatic carbocycles. The van der Waals surface area contributed by atoms with Crippen molar-refractivity contribution in [2.75, 3.05) is 6.61 Å². The van der Waals surface area contributed by atoms with E-state index in [0.29, 0.717) is 6.61 Å². The van der Waals surface area contributed by atoms with E-state index < -0.39 is 21.1 Å². The molecule has 5 heteroatoms. The summed E-state index contributed by atoms with van der Waals surface area (Å²) < 4.78 is 25.1. The Labute approximate surface area is 169 Å². The SMILES string of the molecule is CCCCCCCCCCCCCCCCO[I+2]([O-])[O-].c1ccncc1. The molecule has 1 heterocycles. The second-order valence-corrected chi connectivity index (χ2v) is 8.32. The van der Waals surface area contributed by atoms with Crippen molar-refractivity contribution in [3.8, 4) is 0 Å². The van der Waals surface area contributed by atoms with Crippen LogP contribution >= 0.6 is 0 Å². The first-order valence-corrected chi connectivity index (χ1v) is 13.0. The topological polar surface area (TPSA) is 68.2 Å². The Bertz CT molecular complexity index is 326. The van der Waals surface area contributed by atoms with Crippen molar-refractivity contribution in [1.82, 2.24) is 4.98 Å². The van der Waals surface area contributed by atoms with Crippen LogP contribution in [0, 0.1) is 0 Å². The monoisotopic (exact) mass is 479 g/mol. The van der Waals surface area contributed by atoms with Crippen LogP contribution in [0.4, 0.5) is 0 Å². The van der Waals surface area contributed by atoms with Gasteiger partial charge in [-0.05, 0) is 21.6 Å². The minimum Gasteiger partial charge on any atom is -0.396 e. The van der Waals surface area contributed by atoms with Gasteiger partial charge in [0.05, 0.1) is 0 Å². The highest BCUT2D eigenvalue weighted by molar-refractivity contribution is 4.88. The van der Waals surface area contributed by atoms with E-state index in [1.165, 1.54) is 77.0 Å². The number of unbranched alkanes of at least 4 members (excludes halogenated alkanes) is 13. The molecule has 0 fully saturated rings. The Balaban J connectivity index is 0.000000867. The van der Waals surface area contributed by atoms with Crippen molar-refractivity contribution < 1.29 is 31.0 Å². The zero-order valence-corrected chi connectivity index (χ0v) is 18.7. The van der Waals surface area contributed by atoms with Crippen molar-refractivity contribution in [2.45, 2.75) is 96.8 Å². The molecular weight excluding hydrogens is 441 g/mol. The molecule has 0 amide bonds. The van der Waals surface area contributed by atoms with Crippen molar-refractivity contribution in [1.29, 1.82) is 0 Å². The van der Waals surface area contributed by atoms with Gasteiger partial charge in [0, 0.05) is 12.4 Å². The summed E-state index contributed by atoms with van der Waals surface area (Å²) in [6, 6.07) is 5.72. The number of rotatable bonds is 16. The molecule has 0 atom stereocenters. The minimum atomic E-state index is -3.41. The summed E-state index contributed by atoms with van der Waals surface area (Å²) >= 11 is -3.41. The van der Waals surface area contributed by atoms with E-state index in [2.05, 4.69) is 15.0 Å². The molecule has 152 valence electrons. The minimum absolute atomic E-state index is 0.399. The van der Waals surface area contributed by atoms with E-state index in [4.69, 9.17) is 0 Å². The lowest BCUT2D eigenvalue weighted by Gasteiger charge is -2.02. The molecule has 1 rings (SSSR count). The average Bonchev–Trinajstić information content (AvgIpc) is 2.66. The molecule has 4 nitrogen and oxygen atoms in total. The van der Waals surface area contributed by atoms with Gasteiger partial charge < -0.3 is 6.87 Å². The highest BCUT2D eigenvalue weighted by atomic mass is 127. The first-order valence-electron chi connectivity index (χ1n) is 10.3. The van der Waals surface area contributed by atoms with Gasteiger partial charge in [-0.3, -0.25) is 4.98 Å². The summed E-state index contributed by atoms with van der Waals surface area (Å²) in [6.07, 6.45) is 21.9. The molecule has 0 spiro atoms. The van der Waals surface area contributed by atoms with Gasteiger partial charge in [-0.2, -0.15) is 0 Å². The molecule has 0 aliphatic rings. The Morgan fingerprint density at radius 2 is 1.08 bits per heavy atom. The van der Waals surface area contributed by atoms with Crippen LogP contribution < -0.4 is 27.9 Å². The first-order chi connectivity index (χ1) is 12.8. The molecule has 1 aromatic heterocycles. The van der Waals surface area contributed by atoms with E-state index in [9.17, 15) is 6.87 Å². The predicted molar refractivity (Wildman–Crippen MR) is 101 cm³/mol. The van der Waals surface area contributed by atoms with Gasteiger partial charge >= 0.3 is 21.1 Å². The van der Waals surface area contributed by atoms with Gasteiger partial charge in [-0.15, -0.1) is 0 Å². The normalized spacial score (nSPS) is 10.6. The van der Waals surface area contributed by atoms with Crippen molar-refractivity contribution >= 4 is 0 Å². The fourth-order valence-corrected chi connectivity index (χ4v) is 3.40. The molecule has 0 aliphatic heterocycles. The van der Waals surface area contributed by atoms with Gasteiger partial charge in [-0.25, -0.2) is 0 Å². The Kier molecular flexibility index (Phi) is 22.6. The number of aromatic nitrogens is 1. The lowest BCUT2D eigenvalue weighted by Crippen LogP contribution is -3.99. The van der Waals surface area contributed by atoms with Crippen LogP contribution in [-0.4, -0.2) is 11.6 Å². The molecule has 0 bridgehead atoms. The first kappa shape index (κ1) is 25.8. The van der Waals surface area contributed by atoms with Crippen LogP contribution in [0.15, 0.2) is 30.6 Å². The van der Waals surface area contributed by atoms with Crippen LogP contribution in [0.25, 0.3) is 0 Å². The van der Waals surface area contributed by atoms with E-state index in [-0.39, 0.29) is 0 Å². The summed E-state index contributed by atoms with van der Waals surface area (Å²) in [5.74, 6) is 0. The fraction of sp³-hybridized carbons (Fsp3) is 0.762. The standard InChI is InChI=1S/C16H33IO3.C5H5N/c1-2-3-4-5-6-7-8-9-10-11-12-13-14-15-16-20-17(18)19;1-2-4-6-5-3-1/h2-16H2,1H3;1-5H. The van der Waals surface area contributed by atoms with Gasteiger partial charge in [0.15, 0.2) is 0 Å². The predicted octanol–water partition coefficient (Wildman–Crippen LogP) is 1.66. The molecular formula is C21H38INO3. The van der Waals surface area contributed by atoms with Crippen molar-refractivity contribution in [3.63, 3.8) is 0 Å². The summed E-state index contributed by atoms with van der Waals surface area (Å²) in [4.78, 5) is 3.78. The summed E-state index contributed by atoms with van der Waals surface area (Å²) in [7, 11) is 0. The van der Waals surface area contributed by atoms with E-state index in [1.54, 1.807) is 12.4 Å². The highest BCUT2D eigenvalue weighted by Gasteiger charge is 2.09. The second-order valence-electron chi connectivity index (χ2n) is 6.62. The molecule has 1 aromatic rings. The number of hydrogen-bond donors (Lipinski definition) is 0. The van der Waals surface area contributed by atoms with Crippen LogP contribution in [0.2, 0.25) is 0 Å². The zero-order chi connectivity index (χ0) is 19.1. The van der Waals surface area contributed by atoms with Crippen LogP contribution in [0.3, 0.4) is 0 Å². The van der Waals surface area contributed by atoms with Gasteiger partial charge in [-0.1, -0.05) is 96.5 Å². The van der Waals surface area contributed by atoms with Crippen molar-refractivity contribution in [2.24, 2.45) is 0 Å². The van der Waals surface area contributed by atoms with E-state index in [0.717, 1.165) is 12.8 Å². The summed E-state index contributed by atoms with van der Waals surface area (Å²) in [5, 5.41) is 0. The maximum Gasteiger partial charge on any atom is 0.506 e. The third-order valence-electron chi connectivity index (χ3n) is 4.23. The third-order valence-corrected chi connectivity index (χ3v) is 5.18. The summed E-state index contributed by atoms with van der Waals surface area (Å²) in [5.41, 5.74) is 0. The second kappa shape index (κ2) is 22.8. The molecule has 0 unspecified atom stereocenters. The highest BCUT2D eigenvalue weighted by Crippen LogP contribution is 2.12. The quantitative estimate of drug-likeness (QED) is 0.267. The van der Waals surface area contributed by atoms with Gasteiger partial charge in [0.2, 0.25) is 0 Å². The summed E-state index contributed by atoms with van der Waals surface area (Å²) in [6.45, 7) is 2.66. The van der Waals surface area contributed by atoms with Gasteiger partial charge in [0.1, 0.15) is 6.61 Å². The number of pyridine rings is 1. The van der Waals surface area contributed by atoms with E-state index >= 15 is 0 Å². The Hall–Kier alpha value is -0.240. The Morgan fingerprint density at radius 1 is 0.654 bits per heavy atom. The molecule has 26 heavy (non-hydrogen) atoms. The largest absolute Gasteiger partial charge is 0.506 e. The lowest BCUT2D eigenvalue weighted by atomic mass is 10.0. The Morgan fingerprint density at radius 3 is 1.38 bits per heavy atom. The number of halogens is 1. The lowest BCUT2D eigenvalue weighted by molar-refractivity contribution is -1.63. The maximum atomic E-state index is 10.2. The third kappa shape index (κ3) is 23.8. The fourth-order valence-electron chi connectivity index (χ4n) is 2.73. The smallest absolute Gasteiger partial charge is 0.396 e.